The van der Waals surface area contributed by atoms with Gasteiger partial charge in [0.05, 0.1) is 5.69 Å². The summed E-state index contributed by atoms with van der Waals surface area (Å²) in [7, 11) is 0. The number of carbonyl (C=O) groups is 2. The second-order valence-corrected chi connectivity index (χ2v) is 6.69. The molecule has 1 aromatic carbocycles. The van der Waals surface area contributed by atoms with Crippen LogP contribution in [0.4, 0.5) is 5.69 Å². The number of nitrogens with two attached hydrogens (primary N) is 1. The zero-order valence-corrected chi connectivity index (χ0v) is 14.0. The highest BCUT2D eigenvalue weighted by molar-refractivity contribution is 5.95. The molecule has 24 heavy (non-hydrogen) atoms. The molecule has 0 radical (unpaired) electrons. The molecule has 1 aliphatic carbocycles. The lowest BCUT2D eigenvalue weighted by atomic mass is 9.85. The minimum Gasteiger partial charge on any atom is -0.369 e. The first-order valence-corrected chi connectivity index (χ1v) is 8.55. The predicted molar refractivity (Wildman–Crippen MR) is 93.9 cm³/mol. The van der Waals surface area contributed by atoms with Crippen LogP contribution in [0.2, 0.25) is 0 Å². The lowest BCUT2D eigenvalue weighted by Crippen LogP contribution is -2.41. The smallest absolute Gasteiger partial charge is 0.251 e. The maximum atomic E-state index is 12.4. The average molecular weight is 328 g/mol. The van der Waals surface area contributed by atoms with Gasteiger partial charge in [-0.2, -0.15) is 5.10 Å². The summed E-state index contributed by atoms with van der Waals surface area (Å²) < 4.78 is 0. The Balaban J connectivity index is 1.60. The average Bonchev–Trinajstić information content (AvgIpc) is 3.01. The molecule has 3 N–H and O–H groups in total. The third-order valence-corrected chi connectivity index (χ3v) is 4.82. The number of nitrogens with zero attached hydrogens (tertiary/aromatic N) is 2. The highest BCUT2D eigenvalue weighted by atomic mass is 16.2. The zero-order chi connectivity index (χ0) is 17.1. The number of anilines is 1. The molecule has 1 heterocycles. The third-order valence-electron chi connectivity index (χ3n) is 4.82. The minimum absolute atomic E-state index is 0.0225. The third kappa shape index (κ3) is 3.75. The van der Waals surface area contributed by atoms with E-state index >= 15 is 0 Å². The van der Waals surface area contributed by atoms with Crippen molar-refractivity contribution in [3.8, 4) is 0 Å². The van der Waals surface area contributed by atoms with Gasteiger partial charge in [0.1, 0.15) is 0 Å². The van der Waals surface area contributed by atoms with Gasteiger partial charge in [-0.05, 0) is 50.5 Å². The van der Waals surface area contributed by atoms with E-state index in [9.17, 15) is 9.59 Å². The standard InChI is InChI=1S/C18H24N4O2/c1-12-9-10-22(21-12)16-7-5-13(6-8-16)18(24)20-15-4-2-3-14(11-15)17(19)23/h5-8,14-15H,2-4,9-11H2,1H3,(H2,19,23)(H,20,24)/t14-,15-/m1/s1. The Morgan fingerprint density at radius 2 is 2.00 bits per heavy atom. The molecule has 0 aromatic heterocycles. The fourth-order valence-corrected chi connectivity index (χ4v) is 3.39. The van der Waals surface area contributed by atoms with E-state index in [2.05, 4.69) is 10.4 Å². The van der Waals surface area contributed by atoms with Gasteiger partial charge < -0.3 is 11.1 Å². The van der Waals surface area contributed by atoms with Crippen LogP contribution in [-0.2, 0) is 4.79 Å². The van der Waals surface area contributed by atoms with Crippen LogP contribution in [0.3, 0.4) is 0 Å². The highest BCUT2D eigenvalue weighted by Gasteiger charge is 2.26. The van der Waals surface area contributed by atoms with Crippen molar-refractivity contribution in [2.24, 2.45) is 16.8 Å². The monoisotopic (exact) mass is 328 g/mol. The number of amides is 2. The summed E-state index contributed by atoms with van der Waals surface area (Å²) in [5.74, 6) is -0.486. The maximum Gasteiger partial charge on any atom is 0.251 e. The van der Waals surface area contributed by atoms with Crippen molar-refractivity contribution >= 4 is 23.2 Å². The number of hydrogen-bond acceptors (Lipinski definition) is 4. The molecule has 6 heteroatoms. The lowest BCUT2D eigenvalue weighted by molar-refractivity contribution is -0.122. The largest absolute Gasteiger partial charge is 0.369 e. The fourth-order valence-electron chi connectivity index (χ4n) is 3.39. The van der Waals surface area contributed by atoms with Crippen LogP contribution in [0.15, 0.2) is 29.4 Å². The van der Waals surface area contributed by atoms with E-state index in [1.807, 2.05) is 36.2 Å². The number of hydrogen-bond donors (Lipinski definition) is 2. The number of nitrogens with one attached hydrogen (secondary N) is 1. The molecule has 0 saturated heterocycles. The summed E-state index contributed by atoms with van der Waals surface area (Å²) in [6.45, 7) is 2.90. The molecule has 2 amide bonds. The first-order valence-electron chi connectivity index (χ1n) is 8.55. The van der Waals surface area contributed by atoms with Crippen LogP contribution in [0.25, 0.3) is 0 Å². The van der Waals surface area contributed by atoms with E-state index in [4.69, 9.17) is 5.73 Å². The van der Waals surface area contributed by atoms with Crippen LogP contribution >= 0.6 is 0 Å². The number of rotatable bonds is 4. The Bertz CT molecular complexity index is 653. The summed E-state index contributed by atoms with van der Waals surface area (Å²) >= 11 is 0. The highest BCUT2D eigenvalue weighted by Crippen LogP contribution is 2.24. The van der Waals surface area contributed by atoms with Crippen molar-refractivity contribution in [3.63, 3.8) is 0 Å². The molecule has 3 rings (SSSR count). The van der Waals surface area contributed by atoms with Crippen LogP contribution in [0, 0.1) is 5.92 Å². The molecule has 128 valence electrons. The molecule has 1 aliphatic heterocycles. The number of primary amides is 1. The lowest BCUT2D eigenvalue weighted by Gasteiger charge is -2.28. The van der Waals surface area contributed by atoms with Crippen molar-refractivity contribution in [2.45, 2.75) is 45.1 Å². The SMILES string of the molecule is CC1=NN(c2ccc(C(=O)N[C@@H]3CCC[C@@H](C(N)=O)C3)cc2)CC1. The summed E-state index contributed by atoms with van der Waals surface area (Å²) in [6.07, 6.45) is 4.26. The molecule has 2 atom stereocenters. The van der Waals surface area contributed by atoms with Gasteiger partial charge in [-0.25, -0.2) is 0 Å². The molecular formula is C18H24N4O2. The Hall–Kier alpha value is -2.37. The van der Waals surface area contributed by atoms with E-state index in [-0.39, 0.29) is 23.8 Å². The first-order chi connectivity index (χ1) is 11.5. The van der Waals surface area contributed by atoms with Crippen LogP contribution in [0.1, 0.15) is 49.4 Å². The van der Waals surface area contributed by atoms with Gasteiger partial charge in [-0.3, -0.25) is 14.6 Å². The maximum absolute atomic E-state index is 12.4. The minimum atomic E-state index is -0.264. The molecule has 2 aliphatic rings. The number of benzene rings is 1. The summed E-state index contributed by atoms with van der Waals surface area (Å²) in [6, 6.07) is 7.51. The van der Waals surface area contributed by atoms with Crippen LogP contribution < -0.4 is 16.1 Å². The summed E-state index contributed by atoms with van der Waals surface area (Å²) in [5, 5.41) is 9.44. The number of carbonyl (C=O) groups excluding carboxylic acids is 2. The molecule has 1 aromatic rings. The van der Waals surface area contributed by atoms with E-state index in [0.29, 0.717) is 12.0 Å². The van der Waals surface area contributed by atoms with Gasteiger partial charge >= 0.3 is 0 Å². The van der Waals surface area contributed by atoms with Crippen LogP contribution in [-0.4, -0.2) is 30.1 Å². The van der Waals surface area contributed by atoms with Crippen molar-refractivity contribution < 1.29 is 9.59 Å². The van der Waals surface area contributed by atoms with Crippen molar-refractivity contribution in [1.29, 1.82) is 0 Å². The number of hydrazone groups is 1. The zero-order valence-electron chi connectivity index (χ0n) is 14.0. The molecule has 0 bridgehead atoms. The molecule has 0 spiro atoms. The quantitative estimate of drug-likeness (QED) is 0.886. The van der Waals surface area contributed by atoms with Gasteiger partial charge in [0.25, 0.3) is 5.91 Å². The Morgan fingerprint density at radius 3 is 2.62 bits per heavy atom. The molecule has 6 nitrogen and oxygen atoms in total. The first kappa shape index (κ1) is 16.5. The van der Waals surface area contributed by atoms with Gasteiger partial charge in [-0.1, -0.05) is 6.42 Å². The fraction of sp³-hybridized carbons (Fsp3) is 0.500. The second-order valence-electron chi connectivity index (χ2n) is 6.69. The molecular weight excluding hydrogens is 304 g/mol. The van der Waals surface area contributed by atoms with E-state index in [1.54, 1.807) is 0 Å². The Kier molecular flexibility index (Phi) is 4.83. The van der Waals surface area contributed by atoms with E-state index in [0.717, 1.165) is 43.6 Å². The molecule has 0 unspecified atom stereocenters. The van der Waals surface area contributed by atoms with Crippen molar-refractivity contribution in [1.82, 2.24) is 5.32 Å². The van der Waals surface area contributed by atoms with Crippen molar-refractivity contribution in [3.05, 3.63) is 29.8 Å². The van der Waals surface area contributed by atoms with Gasteiger partial charge in [0.15, 0.2) is 0 Å². The Morgan fingerprint density at radius 1 is 1.25 bits per heavy atom. The van der Waals surface area contributed by atoms with Gasteiger partial charge in [0, 0.05) is 36.2 Å². The van der Waals surface area contributed by atoms with Gasteiger partial charge in [0.2, 0.25) is 5.91 Å². The van der Waals surface area contributed by atoms with E-state index < -0.39 is 0 Å². The molecule has 1 saturated carbocycles. The van der Waals surface area contributed by atoms with Crippen molar-refractivity contribution in [2.75, 3.05) is 11.6 Å². The normalized spacial score (nSPS) is 23.7. The Labute approximate surface area is 142 Å². The summed E-state index contributed by atoms with van der Waals surface area (Å²) in [5.41, 5.74) is 8.13. The van der Waals surface area contributed by atoms with Crippen LogP contribution in [0.5, 0.6) is 0 Å². The summed E-state index contributed by atoms with van der Waals surface area (Å²) in [4.78, 5) is 23.7. The topological polar surface area (TPSA) is 87.8 Å². The second kappa shape index (κ2) is 7.03. The predicted octanol–water partition coefficient (Wildman–Crippen LogP) is 2.05. The van der Waals surface area contributed by atoms with E-state index in [1.165, 1.54) is 0 Å². The molecule has 1 fully saturated rings. The van der Waals surface area contributed by atoms with Gasteiger partial charge in [-0.15, -0.1) is 0 Å².